The molecule has 1 aliphatic heterocycles. The van der Waals surface area contributed by atoms with Crippen LogP contribution in [0.25, 0.3) is 0 Å². The number of rotatable bonds is 3. The van der Waals surface area contributed by atoms with Crippen molar-refractivity contribution in [2.24, 2.45) is 0 Å². The van der Waals surface area contributed by atoms with Crippen molar-refractivity contribution in [2.45, 2.75) is 17.2 Å². The largest absolute Gasteiger partial charge is 0.260 e. The van der Waals surface area contributed by atoms with Crippen LogP contribution in [0.4, 0.5) is 0 Å². The summed E-state index contributed by atoms with van der Waals surface area (Å²) in [6.45, 7) is 1.96. The first kappa shape index (κ1) is 13.4. The van der Waals surface area contributed by atoms with Crippen LogP contribution in [0.15, 0.2) is 23.4 Å². The van der Waals surface area contributed by atoms with Gasteiger partial charge in [0, 0.05) is 35.3 Å². The normalized spacial score (nSPS) is 21.2. The number of nitrogens with zero attached hydrogens (tertiary/aromatic N) is 2. The molecule has 1 atom stereocenters. The lowest BCUT2D eigenvalue weighted by atomic mass is 10.3. The van der Waals surface area contributed by atoms with Gasteiger partial charge in [-0.05, 0) is 18.6 Å². The number of nitrogens with one attached hydrogen (secondary N) is 1. The van der Waals surface area contributed by atoms with E-state index in [0.29, 0.717) is 5.56 Å². The molecule has 2 heterocycles. The predicted molar refractivity (Wildman–Crippen MR) is 68.3 cm³/mol. The van der Waals surface area contributed by atoms with E-state index < -0.39 is 19.8 Å². The van der Waals surface area contributed by atoms with Crippen molar-refractivity contribution >= 4 is 19.8 Å². The molecule has 0 spiro atoms. The molecule has 1 aliphatic rings. The first-order chi connectivity index (χ1) is 8.23. The summed E-state index contributed by atoms with van der Waals surface area (Å²) < 4.78 is 44.6. The number of aryl methyl sites for hydroxylation is 1. The number of aromatic nitrogens is 1. The van der Waals surface area contributed by atoms with Crippen LogP contribution in [0.2, 0.25) is 0 Å². The summed E-state index contributed by atoms with van der Waals surface area (Å²) in [6, 6.07) is 3.36. The van der Waals surface area contributed by atoms with Gasteiger partial charge in [0.1, 0.15) is 0 Å². The maximum atomic E-state index is 12.2. The molecular formula is C10H15N3O3S2. The lowest BCUT2D eigenvalue weighted by Gasteiger charge is -2.37. The van der Waals surface area contributed by atoms with E-state index in [1.807, 2.05) is 0 Å². The van der Waals surface area contributed by atoms with Crippen LogP contribution in [0.3, 0.4) is 0 Å². The zero-order chi connectivity index (χ0) is 13.6. The molecule has 0 aliphatic carbocycles. The zero-order valence-electron chi connectivity index (χ0n) is 10.2. The van der Waals surface area contributed by atoms with E-state index >= 15 is 0 Å². The minimum absolute atomic E-state index is 0.0380. The third-order valence-corrected chi connectivity index (χ3v) is 6.46. The molecule has 1 saturated heterocycles. The number of hydrogen-bond acceptors (Lipinski definition) is 5. The first-order valence-electron chi connectivity index (χ1n) is 5.37. The molecular weight excluding hydrogens is 274 g/mol. The number of sulfonamides is 1. The van der Waals surface area contributed by atoms with Crippen molar-refractivity contribution in [2.75, 3.05) is 19.3 Å². The van der Waals surface area contributed by atoms with Crippen molar-refractivity contribution in [3.8, 4) is 0 Å². The van der Waals surface area contributed by atoms with Crippen molar-refractivity contribution in [1.29, 1.82) is 4.78 Å². The Bertz CT molecular complexity index is 661. The molecule has 0 aromatic carbocycles. The first-order valence-corrected chi connectivity index (χ1v) is 8.84. The molecule has 0 bridgehead atoms. The summed E-state index contributed by atoms with van der Waals surface area (Å²) in [6.07, 6.45) is 2.78. The molecule has 1 N–H and O–H groups in total. The van der Waals surface area contributed by atoms with Crippen LogP contribution in [-0.4, -0.2) is 46.5 Å². The van der Waals surface area contributed by atoms with E-state index in [1.54, 1.807) is 19.1 Å². The smallest absolute Gasteiger partial charge is 0.253 e. The van der Waals surface area contributed by atoms with Gasteiger partial charge in [0.2, 0.25) is 0 Å². The highest BCUT2D eigenvalue weighted by atomic mass is 32.2. The van der Waals surface area contributed by atoms with Crippen LogP contribution >= 0.6 is 0 Å². The monoisotopic (exact) mass is 289 g/mol. The predicted octanol–water partition coefficient (Wildman–Crippen LogP) is 0.439. The molecule has 1 unspecified atom stereocenters. The maximum absolute atomic E-state index is 12.2. The number of hydrogen-bond donors (Lipinski definition) is 1. The van der Waals surface area contributed by atoms with E-state index in [2.05, 4.69) is 4.98 Å². The van der Waals surface area contributed by atoms with Crippen molar-refractivity contribution in [3.05, 3.63) is 23.9 Å². The summed E-state index contributed by atoms with van der Waals surface area (Å²) in [5.41, 5.74) is 0.587. The summed E-state index contributed by atoms with van der Waals surface area (Å²) in [7, 11) is -6.29. The maximum Gasteiger partial charge on any atom is 0.260 e. The van der Waals surface area contributed by atoms with Gasteiger partial charge in [-0.3, -0.25) is 4.78 Å². The zero-order valence-corrected chi connectivity index (χ0v) is 11.8. The van der Waals surface area contributed by atoms with Gasteiger partial charge >= 0.3 is 0 Å². The van der Waals surface area contributed by atoms with Gasteiger partial charge in [-0.2, -0.15) is 4.31 Å². The van der Waals surface area contributed by atoms with E-state index in [-0.39, 0.29) is 23.4 Å². The fraction of sp³-hybridized carbons (Fsp3) is 0.500. The van der Waals surface area contributed by atoms with Crippen LogP contribution < -0.4 is 0 Å². The van der Waals surface area contributed by atoms with Gasteiger partial charge in [-0.1, -0.05) is 6.07 Å². The van der Waals surface area contributed by atoms with Gasteiger partial charge in [-0.15, -0.1) is 0 Å². The second-order valence-electron chi connectivity index (χ2n) is 4.47. The number of pyridine rings is 1. The Hall–Kier alpha value is -0.990. The van der Waals surface area contributed by atoms with Gasteiger partial charge < -0.3 is 0 Å². The molecule has 1 fully saturated rings. The van der Waals surface area contributed by atoms with Gasteiger partial charge in [0.05, 0.1) is 5.25 Å². The standard InChI is InChI=1S/C10H15N3O3S2/c1-8-4-3-5-12-10(8)18(15,16)13-6-9(7-13)17(2,11)14/h3-5,9,11H,6-7H2,1-2H3. The second-order valence-corrected chi connectivity index (χ2v) is 8.80. The quantitative estimate of drug-likeness (QED) is 0.874. The SMILES string of the molecule is Cc1cccnc1S(=O)(=O)N1CC(S(C)(=N)=O)C1. The molecule has 18 heavy (non-hydrogen) atoms. The molecule has 0 saturated carbocycles. The summed E-state index contributed by atoms with van der Waals surface area (Å²) >= 11 is 0. The molecule has 100 valence electrons. The average Bonchev–Trinajstić information content (AvgIpc) is 2.12. The van der Waals surface area contributed by atoms with E-state index in [4.69, 9.17) is 4.78 Å². The Morgan fingerprint density at radius 2 is 2.00 bits per heavy atom. The average molecular weight is 289 g/mol. The second kappa shape index (κ2) is 4.29. The topological polar surface area (TPSA) is 91.2 Å². The van der Waals surface area contributed by atoms with Crippen molar-refractivity contribution in [1.82, 2.24) is 9.29 Å². The molecule has 1 aromatic rings. The van der Waals surface area contributed by atoms with E-state index in [0.717, 1.165) is 0 Å². The van der Waals surface area contributed by atoms with Crippen LogP contribution in [0, 0.1) is 11.7 Å². The summed E-state index contributed by atoms with van der Waals surface area (Å²) in [5.74, 6) is 0. The fourth-order valence-corrected chi connectivity index (χ4v) is 4.53. The van der Waals surface area contributed by atoms with Gasteiger partial charge in [0.15, 0.2) is 5.03 Å². The fourth-order valence-electron chi connectivity index (χ4n) is 1.75. The third kappa shape index (κ3) is 2.27. The van der Waals surface area contributed by atoms with Crippen molar-refractivity contribution in [3.63, 3.8) is 0 Å². The highest BCUT2D eigenvalue weighted by Gasteiger charge is 2.41. The van der Waals surface area contributed by atoms with E-state index in [9.17, 15) is 12.6 Å². The lowest BCUT2D eigenvalue weighted by molar-refractivity contribution is 0.313. The molecule has 0 radical (unpaired) electrons. The van der Waals surface area contributed by atoms with Crippen LogP contribution in [-0.2, 0) is 19.8 Å². The van der Waals surface area contributed by atoms with E-state index in [1.165, 1.54) is 16.8 Å². The lowest BCUT2D eigenvalue weighted by Crippen LogP contribution is -2.56. The minimum atomic E-state index is -3.61. The minimum Gasteiger partial charge on any atom is -0.253 e. The summed E-state index contributed by atoms with van der Waals surface area (Å²) in [5, 5.41) is -0.340. The molecule has 1 aromatic heterocycles. The Labute approximate surface area is 107 Å². The van der Waals surface area contributed by atoms with Gasteiger partial charge in [0.25, 0.3) is 10.0 Å². The summed E-state index contributed by atoms with van der Waals surface area (Å²) in [4.78, 5) is 3.89. The molecule has 2 rings (SSSR count). The van der Waals surface area contributed by atoms with Gasteiger partial charge in [-0.25, -0.2) is 17.6 Å². The highest BCUT2D eigenvalue weighted by Crippen LogP contribution is 2.25. The van der Waals surface area contributed by atoms with Crippen molar-refractivity contribution < 1.29 is 12.6 Å². The van der Waals surface area contributed by atoms with Crippen LogP contribution in [0.1, 0.15) is 5.56 Å². The molecule has 6 nitrogen and oxygen atoms in total. The Morgan fingerprint density at radius 3 is 2.50 bits per heavy atom. The third-order valence-electron chi connectivity index (χ3n) is 3.00. The molecule has 0 amide bonds. The Morgan fingerprint density at radius 1 is 1.39 bits per heavy atom. The van der Waals surface area contributed by atoms with Crippen LogP contribution in [0.5, 0.6) is 0 Å². The Kier molecular flexibility index (Phi) is 3.20. The Balaban J connectivity index is 2.24. The molecule has 8 heteroatoms. The highest BCUT2D eigenvalue weighted by molar-refractivity contribution is 7.93.